The highest BCUT2D eigenvalue weighted by atomic mass is 35.5. The van der Waals surface area contributed by atoms with Gasteiger partial charge in [0, 0.05) is 24.3 Å². The molecule has 0 atom stereocenters. The fourth-order valence-corrected chi connectivity index (χ4v) is 1.73. The van der Waals surface area contributed by atoms with Crippen LogP contribution in [0.2, 0.25) is 10.0 Å². The lowest BCUT2D eigenvalue weighted by atomic mass is 10.2. The molecular weight excluding hydrogens is 325 g/mol. The average Bonchev–Trinajstić information content (AvgIpc) is 2.52. The third kappa shape index (κ3) is 4.19. The van der Waals surface area contributed by atoms with Crippen LogP contribution in [-0.2, 0) is 4.79 Å². The zero-order chi connectivity index (χ0) is 15.9. The molecule has 0 fully saturated rings. The zero-order valence-corrected chi connectivity index (χ0v) is 12.6. The van der Waals surface area contributed by atoms with Crippen molar-refractivity contribution in [3.63, 3.8) is 0 Å². The maximum absolute atomic E-state index is 12.0. The van der Waals surface area contributed by atoms with E-state index in [0.29, 0.717) is 15.7 Å². The van der Waals surface area contributed by atoms with Crippen molar-refractivity contribution in [2.45, 2.75) is 0 Å². The van der Waals surface area contributed by atoms with Gasteiger partial charge in [-0.25, -0.2) is 9.97 Å². The lowest BCUT2D eigenvalue weighted by Gasteiger charge is -2.05. The van der Waals surface area contributed by atoms with E-state index in [1.165, 1.54) is 24.7 Å². The van der Waals surface area contributed by atoms with E-state index >= 15 is 0 Å². The van der Waals surface area contributed by atoms with Crippen LogP contribution in [-0.4, -0.2) is 15.9 Å². The molecule has 1 heterocycles. The van der Waals surface area contributed by atoms with Gasteiger partial charge in [-0.1, -0.05) is 23.2 Å². The average molecular weight is 334 g/mol. The summed E-state index contributed by atoms with van der Waals surface area (Å²) < 4.78 is 0. The third-order valence-corrected chi connectivity index (χ3v) is 3.19. The Hall–Kier alpha value is -2.62. The largest absolute Gasteiger partial charge is 0.329 e. The van der Waals surface area contributed by atoms with Crippen LogP contribution >= 0.6 is 23.2 Å². The molecule has 22 heavy (non-hydrogen) atoms. The Labute approximate surface area is 136 Å². The number of rotatable bonds is 4. The lowest BCUT2D eigenvalue weighted by Crippen LogP contribution is -2.14. The van der Waals surface area contributed by atoms with Crippen LogP contribution in [0.5, 0.6) is 0 Å². The number of carbonyl (C=O) groups excluding carboxylic acids is 1. The molecular formula is C14H9Cl2N5O. The van der Waals surface area contributed by atoms with Crippen LogP contribution in [0.3, 0.4) is 0 Å². The van der Waals surface area contributed by atoms with Crippen molar-refractivity contribution in [1.29, 1.82) is 5.26 Å². The molecule has 6 nitrogen and oxygen atoms in total. The van der Waals surface area contributed by atoms with Crippen molar-refractivity contribution in [3.8, 4) is 6.07 Å². The predicted molar refractivity (Wildman–Crippen MR) is 84.4 cm³/mol. The van der Waals surface area contributed by atoms with Gasteiger partial charge in [0.2, 0.25) is 5.95 Å². The molecule has 0 saturated heterocycles. The summed E-state index contributed by atoms with van der Waals surface area (Å²) >= 11 is 11.7. The Morgan fingerprint density at radius 1 is 1.23 bits per heavy atom. The molecule has 1 aromatic heterocycles. The number of halogens is 2. The number of amides is 1. The summed E-state index contributed by atoms with van der Waals surface area (Å²) in [7, 11) is 0. The molecule has 1 aromatic carbocycles. The second-order valence-corrected chi connectivity index (χ2v) is 4.78. The monoisotopic (exact) mass is 333 g/mol. The van der Waals surface area contributed by atoms with Crippen LogP contribution in [0.15, 0.2) is 48.4 Å². The minimum absolute atomic E-state index is 0.140. The van der Waals surface area contributed by atoms with E-state index in [1.807, 2.05) is 0 Å². The van der Waals surface area contributed by atoms with Crippen LogP contribution in [0.1, 0.15) is 0 Å². The number of anilines is 2. The topological polar surface area (TPSA) is 90.7 Å². The van der Waals surface area contributed by atoms with E-state index in [9.17, 15) is 4.79 Å². The Morgan fingerprint density at radius 2 is 1.95 bits per heavy atom. The van der Waals surface area contributed by atoms with Crippen molar-refractivity contribution in [2.24, 2.45) is 0 Å². The first-order valence-electron chi connectivity index (χ1n) is 6.00. The molecule has 0 aliphatic carbocycles. The Morgan fingerprint density at radius 3 is 2.59 bits per heavy atom. The molecule has 0 radical (unpaired) electrons. The highest BCUT2D eigenvalue weighted by molar-refractivity contribution is 6.42. The Kier molecular flexibility index (Phi) is 5.31. The van der Waals surface area contributed by atoms with Gasteiger partial charge in [0.05, 0.1) is 10.0 Å². The Bertz CT molecular complexity index is 756. The van der Waals surface area contributed by atoms with E-state index < -0.39 is 5.91 Å². The second-order valence-electron chi connectivity index (χ2n) is 3.97. The smallest absolute Gasteiger partial charge is 0.267 e. The first-order chi connectivity index (χ1) is 10.6. The number of nitrogens with one attached hydrogen (secondary N) is 2. The highest BCUT2D eigenvalue weighted by Crippen LogP contribution is 2.25. The molecule has 8 heteroatoms. The van der Waals surface area contributed by atoms with E-state index in [-0.39, 0.29) is 11.5 Å². The molecule has 110 valence electrons. The molecule has 2 aromatic rings. The molecule has 0 aliphatic heterocycles. The van der Waals surface area contributed by atoms with Crippen LogP contribution in [0, 0.1) is 11.3 Å². The molecule has 2 N–H and O–H groups in total. The predicted octanol–water partition coefficient (Wildman–Crippen LogP) is 3.24. The van der Waals surface area contributed by atoms with Gasteiger partial charge >= 0.3 is 0 Å². The summed E-state index contributed by atoms with van der Waals surface area (Å²) in [5, 5.41) is 14.9. The molecule has 2 rings (SSSR count). The Balaban J connectivity index is 2.08. The van der Waals surface area contributed by atoms with Gasteiger partial charge in [0.15, 0.2) is 0 Å². The zero-order valence-electron chi connectivity index (χ0n) is 11.0. The van der Waals surface area contributed by atoms with Gasteiger partial charge in [-0.15, -0.1) is 0 Å². The summed E-state index contributed by atoms with van der Waals surface area (Å²) in [6.07, 6.45) is 4.29. The first kappa shape index (κ1) is 15.8. The summed E-state index contributed by atoms with van der Waals surface area (Å²) in [6.45, 7) is 0. The van der Waals surface area contributed by atoms with Gasteiger partial charge in [0.1, 0.15) is 11.6 Å². The number of hydrogen-bond acceptors (Lipinski definition) is 5. The van der Waals surface area contributed by atoms with Crippen LogP contribution in [0.25, 0.3) is 0 Å². The normalized spacial score (nSPS) is 10.7. The molecule has 0 spiro atoms. The minimum Gasteiger partial charge on any atom is -0.329 e. The van der Waals surface area contributed by atoms with Crippen molar-refractivity contribution < 1.29 is 4.79 Å². The molecule has 1 amide bonds. The SMILES string of the molecule is N#C/C(=C/Nc1ncccn1)C(=O)Nc1ccc(Cl)c(Cl)c1. The van der Waals surface area contributed by atoms with Gasteiger partial charge in [0.25, 0.3) is 5.91 Å². The second kappa shape index (κ2) is 7.41. The standard InChI is InChI=1S/C14H9Cl2N5O/c15-11-3-2-10(6-12(11)16)21-13(22)9(7-17)8-20-14-18-4-1-5-19-14/h1-6,8H,(H,21,22)(H,18,19,20)/b9-8-. The minimum atomic E-state index is -0.593. The van der Waals surface area contributed by atoms with Crippen LogP contribution in [0.4, 0.5) is 11.6 Å². The molecule has 0 unspecified atom stereocenters. The summed E-state index contributed by atoms with van der Waals surface area (Å²) in [4.78, 5) is 19.8. The highest BCUT2D eigenvalue weighted by Gasteiger charge is 2.10. The summed E-state index contributed by atoms with van der Waals surface area (Å²) in [5.74, 6) is -0.318. The van der Waals surface area contributed by atoms with E-state index in [2.05, 4.69) is 20.6 Å². The number of nitriles is 1. The number of nitrogens with zero attached hydrogens (tertiary/aromatic N) is 3. The van der Waals surface area contributed by atoms with E-state index in [0.717, 1.165) is 0 Å². The van der Waals surface area contributed by atoms with Crippen LogP contribution < -0.4 is 10.6 Å². The summed E-state index contributed by atoms with van der Waals surface area (Å²) in [6, 6.07) is 8.06. The van der Waals surface area contributed by atoms with E-state index in [1.54, 1.807) is 24.3 Å². The maximum atomic E-state index is 12.0. The van der Waals surface area contributed by atoms with Gasteiger partial charge in [-0.3, -0.25) is 4.79 Å². The first-order valence-corrected chi connectivity index (χ1v) is 6.76. The maximum Gasteiger partial charge on any atom is 0.267 e. The fourth-order valence-electron chi connectivity index (χ4n) is 1.43. The summed E-state index contributed by atoms with van der Waals surface area (Å²) in [5.41, 5.74) is 0.287. The van der Waals surface area contributed by atoms with Gasteiger partial charge in [-0.2, -0.15) is 5.26 Å². The number of aromatic nitrogens is 2. The number of carbonyl (C=O) groups is 1. The van der Waals surface area contributed by atoms with Gasteiger partial charge in [-0.05, 0) is 24.3 Å². The molecule has 0 saturated carbocycles. The number of benzene rings is 1. The van der Waals surface area contributed by atoms with Gasteiger partial charge < -0.3 is 10.6 Å². The fraction of sp³-hybridized carbons (Fsp3) is 0. The van der Waals surface area contributed by atoms with E-state index in [4.69, 9.17) is 28.5 Å². The van der Waals surface area contributed by atoms with Crippen molar-refractivity contribution >= 4 is 40.7 Å². The quantitative estimate of drug-likeness (QED) is 0.662. The molecule has 0 bridgehead atoms. The van der Waals surface area contributed by atoms with Crippen molar-refractivity contribution in [3.05, 3.63) is 58.5 Å². The lowest BCUT2D eigenvalue weighted by molar-refractivity contribution is -0.112. The van der Waals surface area contributed by atoms with Crippen molar-refractivity contribution in [2.75, 3.05) is 10.6 Å². The van der Waals surface area contributed by atoms with Crippen molar-refractivity contribution in [1.82, 2.24) is 9.97 Å². The molecule has 0 aliphatic rings. The number of hydrogen-bond donors (Lipinski definition) is 2. The third-order valence-electron chi connectivity index (χ3n) is 2.45.